The second-order valence-corrected chi connectivity index (χ2v) is 5.41. The van der Waals surface area contributed by atoms with Crippen LogP contribution in [0.15, 0.2) is 0 Å². The highest BCUT2D eigenvalue weighted by molar-refractivity contribution is 4.82. The quantitative estimate of drug-likeness (QED) is 0.679. The summed E-state index contributed by atoms with van der Waals surface area (Å²) >= 11 is 0. The molecule has 2 rings (SSSR count). The smallest absolute Gasteiger partial charge is 0.00980 e. The molecule has 2 fully saturated rings. The predicted molar refractivity (Wildman–Crippen MR) is 66.1 cm³/mol. The molecule has 0 amide bonds. The lowest BCUT2D eigenvalue weighted by Crippen LogP contribution is -2.44. The van der Waals surface area contributed by atoms with Crippen molar-refractivity contribution < 1.29 is 0 Å². The van der Waals surface area contributed by atoms with Crippen molar-refractivity contribution in [2.45, 2.75) is 83.2 Å². The van der Waals surface area contributed by atoms with E-state index in [1.807, 2.05) is 0 Å². The van der Waals surface area contributed by atoms with E-state index in [9.17, 15) is 0 Å². The fourth-order valence-electron chi connectivity index (χ4n) is 3.64. The van der Waals surface area contributed by atoms with E-state index in [2.05, 4.69) is 11.8 Å². The summed E-state index contributed by atoms with van der Waals surface area (Å²) in [4.78, 5) is 2.85. The van der Waals surface area contributed by atoms with Gasteiger partial charge in [0.15, 0.2) is 0 Å². The average Bonchev–Trinajstić information content (AvgIpc) is 2.33. The molecule has 0 saturated heterocycles. The zero-order chi connectivity index (χ0) is 10.5. The van der Waals surface area contributed by atoms with E-state index in [-0.39, 0.29) is 0 Å². The van der Waals surface area contributed by atoms with E-state index in [1.54, 1.807) is 0 Å². The second-order valence-electron chi connectivity index (χ2n) is 5.41. The summed E-state index contributed by atoms with van der Waals surface area (Å²) in [6.07, 6.45) is 14.8. The highest BCUT2D eigenvalue weighted by Gasteiger charge is 2.27. The van der Waals surface area contributed by atoms with Crippen LogP contribution in [0.3, 0.4) is 0 Å². The van der Waals surface area contributed by atoms with Gasteiger partial charge in [0.1, 0.15) is 0 Å². The normalized spacial score (nSPS) is 26.0. The summed E-state index contributed by atoms with van der Waals surface area (Å²) in [5.41, 5.74) is 0. The Morgan fingerprint density at radius 3 is 1.47 bits per heavy atom. The Kier molecular flexibility index (Phi) is 4.49. The van der Waals surface area contributed by atoms with Crippen molar-refractivity contribution in [3.8, 4) is 0 Å². The molecule has 0 aromatic carbocycles. The molecule has 15 heavy (non-hydrogen) atoms. The standard InChI is InChI=1S/C14H27N/c1-2-15(13-9-5-3-6-10-13)14-11-7-4-8-12-14/h13-14H,2-12H2,1H3. The van der Waals surface area contributed by atoms with Gasteiger partial charge in [-0.3, -0.25) is 4.90 Å². The number of hydrogen-bond acceptors (Lipinski definition) is 1. The molecule has 0 heterocycles. The van der Waals surface area contributed by atoms with E-state index >= 15 is 0 Å². The molecule has 0 bridgehead atoms. The molecule has 1 heteroatoms. The van der Waals surface area contributed by atoms with Crippen molar-refractivity contribution in [3.63, 3.8) is 0 Å². The van der Waals surface area contributed by atoms with Crippen LogP contribution in [0.4, 0.5) is 0 Å². The Bertz CT molecular complexity index is 148. The number of nitrogens with zero attached hydrogens (tertiary/aromatic N) is 1. The first-order valence-corrected chi connectivity index (χ1v) is 7.17. The topological polar surface area (TPSA) is 3.24 Å². The number of rotatable bonds is 3. The fraction of sp³-hybridized carbons (Fsp3) is 1.00. The molecule has 0 atom stereocenters. The summed E-state index contributed by atoms with van der Waals surface area (Å²) < 4.78 is 0. The molecule has 1 nitrogen and oxygen atoms in total. The minimum absolute atomic E-state index is 0.937. The summed E-state index contributed by atoms with van der Waals surface area (Å²) in [6, 6.07) is 1.87. The van der Waals surface area contributed by atoms with Crippen LogP contribution in [0.2, 0.25) is 0 Å². The largest absolute Gasteiger partial charge is 0.298 e. The van der Waals surface area contributed by atoms with E-state index < -0.39 is 0 Å². The molecule has 0 aromatic rings. The molecule has 2 aliphatic rings. The summed E-state index contributed by atoms with van der Waals surface area (Å²) in [7, 11) is 0. The van der Waals surface area contributed by atoms with Crippen LogP contribution < -0.4 is 0 Å². The van der Waals surface area contributed by atoms with Gasteiger partial charge in [0, 0.05) is 12.1 Å². The maximum Gasteiger partial charge on any atom is 0.00980 e. The molecule has 2 saturated carbocycles. The Morgan fingerprint density at radius 1 is 0.733 bits per heavy atom. The summed E-state index contributed by atoms with van der Waals surface area (Å²) in [5, 5.41) is 0. The predicted octanol–water partition coefficient (Wildman–Crippen LogP) is 3.97. The molecule has 2 aliphatic carbocycles. The van der Waals surface area contributed by atoms with E-state index in [4.69, 9.17) is 0 Å². The van der Waals surface area contributed by atoms with Gasteiger partial charge in [0.05, 0.1) is 0 Å². The highest BCUT2D eigenvalue weighted by Crippen LogP contribution is 2.29. The first kappa shape index (κ1) is 11.4. The fourth-order valence-corrected chi connectivity index (χ4v) is 3.64. The summed E-state index contributed by atoms with van der Waals surface area (Å²) in [5.74, 6) is 0. The van der Waals surface area contributed by atoms with Crippen LogP contribution in [-0.4, -0.2) is 23.5 Å². The van der Waals surface area contributed by atoms with Crippen molar-refractivity contribution in [3.05, 3.63) is 0 Å². The third-order valence-electron chi connectivity index (χ3n) is 4.45. The minimum Gasteiger partial charge on any atom is -0.298 e. The van der Waals surface area contributed by atoms with Gasteiger partial charge in [-0.2, -0.15) is 0 Å². The van der Waals surface area contributed by atoms with Gasteiger partial charge in [-0.05, 0) is 32.2 Å². The average molecular weight is 209 g/mol. The van der Waals surface area contributed by atoms with Crippen LogP contribution in [0.5, 0.6) is 0 Å². The van der Waals surface area contributed by atoms with Gasteiger partial charge < -0.3 is 0 Å². The Labute approximate surface area is 95.2 Å². The molecule has 0 unspecified atom stereocenters. The van der Waals surface area contributed by atoms with Gasteiger partial charge >= 0.3 is 0 Å². The minimum atomic E-state index is 0.937. The monoisotopic (exact) mass is 209 g/mol. The van der Waals surface area contributed by atoms with Crippen LogP contribution in [-0.2, 0) is 0 Å². The molecular weight excluding hydrogens is 182 g/mol. The van der Waals surface area contributed by atoms with Crippen LogP contribution in [0.25, 0.3) is 0 Å². The van der Waals surface area contributed by atoms with Gasteiger partial charge in [-0.25, -0.2) is 0 Å². The molecule has 88 valence electrons. The maximum atomic E-state index is 2.85. The zero-order valence-electron chi connectivity index (χ0n) is 10.4. The Hall–Kier alpha value is -0.0400. The van der Waals surface area contributed by atoms with E-state index in [0.29, 0.717) is 0 Å². The van der Waals surface area contributed by atoms with Crippen LogP contribution in [0.1, 0.15) is 71.1 Å². The lowest BCUT2D eigenvalue weighted by Gasteiger charge is -2.41. The molecule has 0 aliphatic heterocycles. The lowest BCUT2D eigenvalue weighted by atomic mass is 9.89. The van der Waals surface area contributed by atoms with Gasteiger partial charge in [0.25, 0.3) is 0 Å². The zero-order valence-corrected chi connectivity index (χ0v) is 10.4. The Balaban J connectivity index is 1.88. The first-order valence-electron chi connectivity index (χ1n) is 7.17. The van der Waals surface area contributed by atoms with E-state index in [0.717, 1.165) is 12.1 Å². The maximum absolute atomic E-state index is 2.85. The number of hydrogen-bond donors (Lipinski definition) is 0. The van der Waals surface area contributed by atoms with Crippen molar-refractivity contribution in [1.29, 1.82) is 0 Å². The SMILES string of the molecule is CCN(C1CCCCC1)C1CCCCC1. The second kappa shape index (κ2) is 5.89. The third kappa shape index (κ3) is 2.96. The molecular formula is C14H27N. The van der Waals surface area contributed by atoms with Gasteiger partial charge in [-0.15, -0.1) is 0 Å². The molecule has 0 N–H and O–H groups in total. The molecule has 0 radical (unpaired) electrons. The lowest BCUT2D eigenvalue weighted by molar-refractivity contribution is 0.0869. The van der Waals surface area contributed by atoms with Crippen molar-refractivity contribution in [1.82, 2.24) is 4.90 Å². The first-order chi connectivity index (χ1) is 7.42. The molecule has 0 aromatic heterocycles. The van der Waals surface area contributed by atoms with Gasteiger partial charge in [0.2, 0.25) is 0 Å². The van der Waals surface area contributed by atoms with Crippen molar-refractivity contribution >= 4 is 0 Å². The van der Waals surface area contributed by atoms with Crippen LogP contribution >= 0.6 is 0 Å². The third-order valence-corrected chi connectivity index (χ3v) is 4.45. The van der Waals surface area contributed by atoms with Crippen molar-refractivity contribution in [2.75, 3.05) is 6.54 Å². The highest BCUT2D eigenvalue weighted by atomic mass is 15.2. The Morgan fingerprint density at radius 2 is 1.13 bits per heavy atom. The van der Waals surface area contributed by atoms with Gasteiger partial charge in [-0.1, -0.05) is 45.4 Å². The molecule has 0 spiro atoms. The van der Waals surface area contributed by atoms with Crippen molar-refractivity contribution in [2.24, 2.45) is 0 Å². The van der Waals surface area contributed by atoms with Crippen LogP contribution in [0, 0.1) is 0 Å². The van der Waals surface area contributed by atoms with E-state index in [1.165, 1.54) is 70.8 Å². The summed E-state index contributed by atoms with van der Waals surface area (Å²) in [6.45, 7) is 3.65.